The number of H-pyrrole nitrogens is 1. The van der Waals surface area contributed by atoms with Gasteiger partial charge in [0.2, 0.25) is 0 Å². The van der Waals surface area contributed by atoms with Crippen LogP contribution in [0.5, 0.6) is 0 Å². The Balaban J connectivity index is 3.19. The second kappa shape index (κ2) is 3.26. The molecule has 0 radical (unpaired) electrons. The van der Waals surface area contributed by atoms with Crippen LogP contribution in [0.1, 0.15) is 26.8 Å². The summed E-state index contributed by atoms with van der Waals surface area (Å²) >= 11 is 0. The van der Waals surface area contributed by atoms with Gasteiger partial charge in [-0.3, -0.25) is 0 Å². The van der Waals surface area contributed by atoms with Gasteiger partial charge in [-0.05, 0) is 6.92 Å². The van der Waals surface area contributed by atoms with Gasteiger partial charge in [0, 0.05) is 0 Å². The standard InChI is InChI=1S/C7H8N2O4/c1-3-8-4(6(10)11)5(9-3)7(12)13-2/h1-2H3,(H,8,9)(H,10,11). The molecule has 0 fully saturated rings. The molecule has 0 spiro atoms. The van der Waals surface area contributed by atoms with Crippen molar-refractivity contribution in [3.63, 3.8) is 0 Å². The van der Waals surface area contributed by atoms with Gasteiger partial charge < -0.3 is 14.8 Å². The number of aromatic amines is 1. The second-order valence-electron chi connectivity index (χ2n) is 2.34. The zero-order chi connectivity index (χ0) is 10.0. The number of carbonyl (C=O) groups excluding carboxylic acids is 1. The molecule has 0 aliphatic rings. The van der Waals surface area contributed by atoms with Gasteiger partial charge in [-0.25, -0.2) is 14.6 Å². The van der Waals surface area contributed by atoms with Crippen molar-refractivity contribution in [3.8, 4) is 0 Å². The molecule has 2 N–H and O–H groups in total. The number of ether oxygens (including phenoxy) is 1. The van der Waals surface area contributed by atoms with E-state index in [1.54, 1.807) is 6.92 Å². The number of carbonyl (C=O) groups is 2. The van der Waals surface area contributed by atoms with Gasteiger partial charge in [0.1, 0.15) is 5.82 Å². The molecule has 1 heterocycles. The highest BCUT2D eigenvalue weighted by Gasteiger charge is 2.21. The number of imidazole rings is 1. The molecule has 0 saturated heterocycles. The molecule has 6 nitrogen and oxygen atoms in total. The van der Waals surface area contributed by atoms with E-state index in [-0.39, 0.29) is 11.4 Å². The maximum atomic E-state index is 11.0. The molecular weight excluding hydrogens is 176 g/mol. The Kier molecular flexibility index (Phi) is 2.32. The maximum Gasteiger partial charge on any atom is 0.357 e. The van der Waals surface area contributed by atoms with E-state index < -0.39 is 11.9 Å². The summed E-state index contributed by atoms with van der Waals surface area (Å²) in [5, 5.41) is 8.63. The average Bonchev–Trinajstić information content (AvgIpc) is 2.46. The summed E-state index contributed by atoms with van der Waals surface area (Å²) in [6.45, 7) is 1.55. The fourth-order valence-electron chi connectivity index (χ4n) is 0.896. The lowest BCUT2D eigenvalue weighted by molar-refractivity contribution is 0.0576. The molecule has 0 amide bonds. The summed E-state index contributed by atoms with van der Waals surface area (Å²) in [5.74, 6) is -1.64. The molecule has 1 aromatic heterocycles. The van der Waals surface area contributed by atoms with Crippen LogP contribution in [0.3, 0.4) is 0 Å². The fraction of sp³-hybridized carbons (Fsp3) is 0.286. The van der Waals surface area contributed by atoms with Gasteiger partial charge in [0.25, 0.3) is 0 Å². The number of rotatable bonds is 2. The van der Waals surface area contributed by atoms with Crippen LogP contribution in [-0.4, -0.2) is 34.1 Å². The molecule has 6 heteroatoms. The van der Waals surface area contributed by atoms with Crippen LogP contribution >= 0.6 is 0 Å². The molecule has 1 rings (SSSR count). The SMILES string of the molecule is COC(=O)c1[nH]c(C)nc1C(=O)O. The molecule has 0 atom stereocenters. The van der Waals surface area contributed by atoms with Crippen molar-refractivity contribution in [3.05, 3.63) is 17.2 Å². The monoisotopic (exact) mass is 184 g/mol. The molecule has 0 saturated carbocycles. The summed E-state index contributed by atoms with van der Waals surface area (Å²) in [6.07, 6.45) is 0. The largest absolute Gasteiger partial charge is 0.476 e. The number of esters is 1. The van der Waals surface area contributed by atoms with E-state index >= 15 is 0 Å². The van der Waals surface area contributed by atoms with Crippen molar-refractivity contribution in [2.24, 2.45) is 0 Å². The van der Waals surface area contributed by atoms with Gasteiger partial charge >= 0.3 is 11.9 Å². The lowest BCUT2D eigenvalue weighted by Gasteiger charge is -1.95. The summed E-state index contributed by atoms with van der Waals surface area (Å²) in [6, 6.07) is 0. The lowest BCUT2D eigenvalue weighted by Crippen LogP contribution is -2.09. The quantitative estimate of drug-likeness (QED) is 0.640. The third-order valence-corrected chi connectivity index (χ3v) is 1.41. The predicted octanol–water partition coefficient (Wildman–Crippen LogP) is 0.203. The van der Waals surface area contributed by atoms with Gasteiger partial charge in [-0.1, -0.05) is 0 Å². The van der Waals surface area contributed by atoms with Crippen LogP contribution in [0.2, 0.25) is 0 Å². The zero-order valence-electron chi connectivity index (χ0n) is 7.12. The van der Waals surface area contributed by atoms with Crippen LogP contribution in [0, 0.1) is 6.92 Å². The number of aromatic nitrogens is 2. The summed E-state index contributed by atoms with van der Waals surface area (Å²) in [5.41, 5.74) is -0.447. The van der Waals surface area contributed by atoms with E-state index in [4.69, 9.17) is 5.11 Å². The first-order valence-electron chi connectivity index (χ1n) is 3.44. The highest BCUT2D eigenvalue weighted by Crippen LogP contribution is 2.06. The highest BCUT2D eigenvalue weighted by atomic mass is 16.5. The van der Waals surface area contributed by atoms with E-state index in [9.17, 15) is 9.59 Å². The lowest BCUT2D eigenvalue weighted by atomic mass is 10.3. The van der Waals surface area contributed by atoms with Crippen molar-refractivity contribution in [1.29, 1.82) is 0 Å². The minimum absolute atomic E-state index is 0.132. The molecule has 0 aliphatic heterocycles. The number of carboxylic acid groups (broad SMARTS) is 1. The maximum absolute atomic E-state index is 11.0. The molecule has 0 bridgehead atoms. The van der Waals surface area contributed by atoms with Gasteiger partial charge in [0.05, 0.1) is 7.11 Å². The zero-order valence-corrected chi connectivity index (χ0v) is 7.12. The molecule has 0 aliphatic carbocycles. The number of aromatic carboxylic acids is 1. The average molecular weight is 184 g/mol. The van der Waals surface area contributed by atoms with Gasteiger partial charge in [-0.15, -0.1) is 0 Å². The molecule has 0 unspecified atom stereocenters. The predicted molar refractivity (Wildman–Crippen MR) is 41.6 cm³/mol. The number of nitrogens with zero attached hydrogens (tertiary/aromatic N) is 1. The van der Waals surface area contributed by atoms with E-state index in [0.29, 0.717) is 5.82 Å². The Morgan fingerprint density at radius 3 is 2.62 bits per heavy atom. The first-order chi connectivity index (χ1) is 6.06. The van der Waals surface area contributed by atoms with E-state index in [2.05, 4.69) is 14.7 Å². The van der Waals surface area contributed by atoms with E-state index in [1.807, 2.05) is 0 Å². The van der Waals surface area contributed by atoms with Crippen LogP contribution < -0.4 is 0 Å². The number of hydrogen-bond acceptors (Lipinski definition) is 4. The normalized spacial score (nSPS) is 9.69. The first kappa shape index (κ1) is 9.24. The van der Waals surface area contributed by atoms with Crippen molar-refractivity contribution in [2.45, 2.75) is 6.92 Å². The third kappa shape index (κ3) is 1.66. The number of aryl methyl sites for hydroxylation is 1. The number of hydrogen-bond donors (Lipinski definition) is 2. The molecule has 0 aromatic carbocycles. The van der Waals surface area contributed by atoms with Crippen LogP contribution in [0.25, 0.3) is 0 Å². The van der Waals surface area contributed by atoms with Gasteiger partial charge in [0.15, 0.2) is 11.4 Å². The Morgan fingerprint density at radius 2 is 2.15 bits per heavy atom. The molecule has 1 aromatic rings. The van der Waals surface area contributed by atoms with Crippen LogP contribution in [0.4, 0.5) is 0 Å². The Labute approximate surface area is 73.6 Å². The second-order valence-corrected chi connectivity index (χ2v) is 2.34. The van der Waals surface area contributed by atoms with Gasteiger partial charge in [-0.2, -0.15) is 0 Å². The highest BCUT2D eigenvalue weighted by molar-refractivity contribution is 5.99. The van der Waals surface area contributed by atoms with Crippen molar-refractivity contribution in [1.82, 2.24) is 9.97 Å². The first-order valence-corrected chi connectivity index (χ1v) is 3.44. The third-order valence-electron chi connectivity index (χ3n) is 1.41. The fourth-order valence-corrected chi connectivity index (χ4v) is 0.896. The summed E-state index contributed by atoms with van der Waals surface area (Å²) < 4.78 is 4.37. The van der Waals surface area contributed by atoms with Crippen LogP contribution in [-0.2, 0) is 4.74 Å². The molecular formula is C7H8N2O4. The summed E-state index contributed by atoms with van der Waals surface area (Å²) in [4.78, 5) is 27.7. The minimum atomic E-state index is -1.26. The molecule has 13 heavy (non-hydrogen) atoms. The molecule has 70 valence electrons. The Bertz CT molecular complexity index is 355. The van der Waals surface area contributed by atoms with Crippen LogP contribution in [0.15, 0.2) is 0 Å². The summed E-state index contributed by atoms with van der Waals surface area (Å²) in [7, 11) is 1.17. The van der Waals surface area contributed by atoms with Crippen molar-refractivity contribution >= 4 is 11.9 Å². The minimum Gasteiger partial charge on any atom is -0.476 e. The smallest absolute Gasteiger partial charge is 0.357 e. The Morgan fingerprint density at radius 1 is 1.54 bits per heavy atom. The number of methoxy groups -OCH3 is 1. The Hall–Kier alpha value is -1.85. The van der Waals surface area contributed by atoms with Crippen molar-refractivity contribution < 1.29 is 19.4 Å². The van der Waals surface area contributed by atoms with Crippen molar-refractivity contribution in [2.75, 3.05) is 7.11 Å². The van der Waals surface area contributed by atoms with E-state index in [0.717, 1.165) is 0 Å². The number of carboxylic acids is 1. The number of nitrogens with one attached hydrogen (secondary N) is 1. The topological polar surface area (TPSA) is 92.3 Å². The van der Waals surface area contributed by atoms with E-state index in [1.165, 1.54) is 7.11 Å².